The maximum absolute atomic E-state index is 12.4. The van der Waals surface area contributed by atoms with E-state index in [1.165, 1.54) is 16.9 Å². The maximum Gasteiger partial charge on any atom is 0.339 e. The van der Waals surface area contributed by atoms with Gasteiger partial charge in [-0.2, -0.15) is 5.10 Å². The predicted molar refractivity (Wildman–Crippen MR) is 130 cm³/mol. The summed E-state index contributed by atoms with van der Waals surface area (Å²) in [5.41, 5.74) is 10.7. The van der Waals surface area contributed by atoms with Crippen molar-refractivity contribution in [2.24, 2.45) is 7.05 Å². The summed E-state index contributed by atoms with van der Waals surface area (Å²) in [7, 11) is 1.87. The number of fused-ring (bicyclic) bond motifs is 1. The Labute approximate surface area is 191 Å². The van der Waals surface area contributed by atoms with Gasteiger partial charge in [0.15, 0.2) is 5.65 Å². The number of rotatable bonds is 6. The van der Waals surface area contributed by atoms with E-state index >= 15 is 0 Å². The van der Waals surface area contributed by atoms with E-state index in [-0.39, 0.29) is 5.92 Å². The highest BCUT2D eigenvalue weighted by molar-refractivity contribution is 7.13. The van der Waals surface area contributed by atoms with Gasteiger partial charge in [-0.3, -0.25) is 15.4 Å². The number of amides is 2. The Hall–Kier alpha value is -3.46. The van der Waals surface area contributed by atoms with Crippen LogP contribution < -0.4 is 16.2 Å². The summed E-state index contributed by atoms with van der Waals surface area (Å²) in [6.07, 6.45) is 0.999. The number of aromatic nitrogens is 4. The van der Waals surface area contributed by atoms with Gasteiger partial charge in [-0.05, 0) is 36.5 Å². The summed E-state index contributed by atoms with van der Waals surface area (Å²) >= 11 is 1.49. The minimum Gasteiger partial charge on any atom is -0.290 e. The highest BCUT2D eigenvalue weighted by Gasteiger charge is 2.16. The molecule has 0 aliphatic carbocycles. The van der Waals surface area contributed by atoms with E-state index in [0.717, 1.165) is 39.3 Å². The molecule has 0 radical (unpaired) electrons. The first-order valence-corrected chi connectivity index (χ1v) is 11.5. The Balaban J connectivity index is 1.44. The summed E-state index contributed by atoms with van der Waals surface area (Å²) in [5, 5.41) is 11.0. The van der Waals surface area contributed by atoms with E-state index in [1.807, 2.05) is 25.4 Å². The molecule has 32 heavy (non-hydrogen) atoms. The number of nitrogens with one attached hydrogen (secondary N) is 3. The Bertz CT molecular complexity index is 1260. The number of nitrogens with zero attached hydrogens (tertiary/aromatic N) is 4. The first kappa shape index (κ1) is 21.8. The fraction of sp³-hybridized carbons (Fsp3) is 0.304. The molecule has 3 aromatic heterocycles. The smallest absolute Gasteiger partial charge is 0.290 e. The van der Waals surface area contributed by atoms with Gasteiger partial charge in [0, 0.05) is 23.4 Å². The normalized spacial score (nSPS) is 11.2. The topological polar surface area (TPSA) is 96.8 Å². The van der Waals surface area contributed by atoms with E-state index < -0.39 is 6.03 Å². The number of carbonyl (C=O) groups excluding carboxylic acids is 1. The lowest BCUT2D eigenvalue weighted by Gasteiger charge is -2.13. The van der Waals surface area contributed by atoms with Crippen LogP contribution in [0.15, 0.2) is 35.7 Å². The predicted octanol–water partition coefficient (Wildman–Crippen LogP) is 5.23. The number of pyridine rings is 1. The maximum atomic E-state index is 12.4. The van der Waals surface area contributed by atoms with Crippen LogP contribution in [0.25, 0.3) is 21.6 Å². The van der Waals surface area contributed by atoms with E-state index in [9.17, 15) is 4.79 Å². The van der Waals surface area contributed by atoms with Crippen LogP contribution in [0.4, 0.5) is 16.4 Å². The first-order chi connectivity index (χ1) is 15.4. The number of anilines is 2. The molecule has 3 heterocycles. The zero-order valence-corrected chi connectivity index (χ0v) is 19.7. The third-order valence-electron chi connectivity index (χ3n) is 5.28. The van der Waals surface area contributed by atoms with Crippen molar-refractivity contribution in [1.29, 1.82) is 0 Å². The van der Waals surface area contributed by atoms with Crippen LogP contribution in [-0.2, 0) is 13.5 Å². The molecule has 0 saturated carbocycles. The van der Waals surface area contributed by atoms with Gasteiger partial charge in [-0.1, -0.05) is 45.0 Å². The van der Waals surface area contributed by atoms with Crippen molar-refractivity contribution in [2.45, 2.75) is 40.0 Å². The van der Waals surface area contributed by atoms with Crippen molar-refractivity contribution >= 4 is 40.0 Å². The van der Waals surface area contributed by atoms with Crippen molar-refractivity contribution in [3.8, 4) is 10.6 Å². The molecule has 166 valence electrons. The second-order valence-electron chi connectivity index (χ2n) is 7.95. The van der Waals surface area contributed by atoms with Gasteiger partial charge in [-0.25, -0.2) is 20.2 Å². The molecule has 0 aliphatic rings. The fourth-order valence-corrected chi connectivity index (χ4v) is 4.37. The molecular weight excluding hydrogens is 422 g/mol. The molecule has 0 bridgehead atoms. The van der Waals surface area contributed by atoms with Crippen molar-refractivity contribution in [3.63, 3.8) is 0 Å². The SMILES string of the molecule is CCc1ccc(-c2nc(NC(=O)NNc3cc(C(C)C)c4c(C)nn(C)c4n3)cs2)cc1. The zero-order chi connectivity index (χ0) is 22.8. The number of benzene rings is 1. The summed E-state index contributed by atoms with van der Waals surface area (Å²) in [4.78, 5) is 21.5. The number of hydrogen-bond acceptors (Lipinski definition) is 6. The number of hydrazine groups is 1. The van der Waals surface area contributed by atoms with Crippen LogP contribution in [0.3, 0.4) is 0 Å². The molecule has 1 aromatic carbocycles. The van der Waals surface area contributed by atoms with Crippen molar-refractivity contribution in [3.05, 3.63) is 52.5 Å². The second-order valence-corrected chi connectivity index (χ2v) is 8.81. The zero-order valence-electron chi connectivity index (χ0n) is 18.9. The lowest BCUT2D eigenvalue weighted by atomic mass is 10.00. The monoisotopic (exact) mass is 449 g/mol. The molecule has 4 rings (SSSR count). The highest BCUT2D eigenvalue weighted by Crippen LogP contribution is 2.29. The average molecular weight is 450 g/mol. The fourth-order valence-electron chi connectivity index (χ4n) is 3.61. The van der Waals surface area contributed by atoms with Gasteiger partial charge in [-0.15, -0.1) is 11.3 Å². The third kappa shape index (κ3) is 4.43. The molecule has 0 fully saturated rings. The molecule has 0 spiro atoms. The van der Waals surface area contributed by atoms with E-state index in [2.05, 4.69) is 76.3 Å². The molecular formula is C23H27N7OS. The highest BCUT2D eigenvalue weighted by atomic mass is 32.1. The summed E-state index contributed by atoms with van der Waals surface area (Å²) in [6.45, 7) is 8.36. The van der Waals surface area contributed by atoms with Gasteiger partial charge >= 0.3 is 6.03 Å². The van der Waals surface area contributed by atoms with Crippen LogP contribution in [0.2, 0.25) is 0 Å². The van der Waals surface area contributed by atoms with Crippen LogP contribution in [0.5, 0.6) is 0 Å². The number of carbonyl (C=O) groups is 1. The van der Waals surface area contributed by atoms with Crippen molar-refractivity contribution in [2.75, 3.05) is 10.7 Å². The molecule has 4 aromatic rings. The second kappa shape index (κ2) is 8.96. The third-order valence-corrected chi connectivity index (χ3v) is 6.17. The molecule has 0 saturated heterocycles. The Morgan fingerprint density at radius 3 is 2.59 bits per heavy atom. The van der Waals surface area contributed by atoms with Crippen molar-refractivity contribution in [1.82, 2.24) is 25.2 Å². The standard InChI is InChI=1S/C23H27N7OS/c1-6-15-7-9-16(10-8-15)22-25-19(12-32-22)26-23(31)28-27-18-11-17(13(2)3)20-14(4)29-30(5)21(20)24-18/h7-13H,6H2,1-5H3,(H,24,27)(H2,26,28,31). The number of thiazole rings is 1. The Morgan fingerprint density at radius 2 is 1.91 bits per heavy atom. The van der Waals surface area contributed by atoms with Gasteiger partial charge in [0.25, 0.3) is 0 Å². The summed E-state index contributed by atoms with van der Waals surface area (Å²) < 4.78 is 1.76. The Kier molecular flexibility index (Phi) is 6.09. The summed E-state index contributed by atoms with van der Waals surface area (Å²) in [5.74, 6) is 1.34. The van der Waals surface area contributed by atoms with E-state index in [4.69, 9.17) is 0 Å². The first-order valence-electron chi connectivity index (χ1n) is 10.6. The molecule has 0 atom stereocenters. The minimum absolute atomic E-state index is 0.289. The minimum atomic E-state index is -0.419. The molecule has 9 heteroatoms. The van der Waals surface area contributed by atoms with Crippen LogP contribution in [-0.4, -0.2) is 25.8 Å². The molecule has 2 amide bonds. The van der Waals surface area contributed by atoms with E-state index in [0.29, 0.717) is 11.6 Å². The van der Waals surface area contributed by atoms with Gasteiger partial charge in [0.1, 0.15) is 16.6 Å². The number of urea groups is 1. The van der Waals surface area contributed by atoms with Gasteiger partial charge < -0.3 is 0 Å². The van der Waals surface area contributed by atoms with Gasteiger partial charge in [0.2, 0.25) is 0 Å². The lowest BCUT2D eigenvalue weighted by Crippen LogP contribution is -2.34. The average Bonchev–Trinajstić information content (AvgIpc) is 3.36. The molecule has 0 aliphatic heterocycles. The number of hydrogen-bond donors (Lipinski definition) is 3. The number of aryl methyl sites for hydroxylation is 3. The van der Waals surface area contributed by atoms with Crippen LogP contribution >= 0.6 is 11.3 Å². The molecule has 8 nitrogen and oxygen atoms in total. The quantitative estimate of drug-likeness (QED) is 0.350. The van der Waals surface area contributed by atoms with E-state index in [1.54, 1.807) is 4.68 Å². The Morgan fingerprint density at radius 1 is 1.16 bits per heavy atom. The molecule has 0 unspecified atom stereocenters. The summed E-state index contributed by atoms with van der Waals surface area (Å²) in [6, 6.07) is 9.83. The largest absolute Gasteiger partial charge is 0.339 e. The van der Waals surface area contributed by atoms with Crippen LogP contribution in [0, 0.1) is 6.92 Å². The van der Waals surface area contributed by atoms with Gasteiger partial charge in [0.05, 0.1) is 5.69 Å². The molecule has 3 N–H and O–H groups in total. The van der Waals surface area contributed by atoms with Crippen LogP contribution in [0.1, 0.15) is 43.5 Å². The van der Waals surface area contributed by atoms with Crippen molar-refractivity contribution < 1.29 is 4.79 Å². The lowest BCUT2D eigenvalue weighted by molar-refractivity contribution is 0.253.